The van der Waals surface area contributed by atoms with E-state index in [-0.39, 0.29) is 36.0 Å². The summed E-state index contributed by atoms with van der Waals surface area (Å²) in [6, 6.07) is 0.0767. The molecule has 18 heavy (non-hydrogen) atoms. The van der Waals surface area contributed by atoms with Crippen molar-refractivity contribution in [2.45, 2.75) is 59.3 Å². The highest BCUT2D eigenvalue weighted by molar-refractivity contribution is 5.80. The molecule has 1 amide bonds. The van der Waals surface area contributed by atoms with E-state index in [0.717, 1.165) is 6.42 Å². The summed E-state index contributed by atoms with van der Waals surface area (Å²) in [4.78, 5) is 12.3. The number of rotatable bonds is 5. The molecule has 5 unspecified atom stereocenters. The van der Waals surface area contributed by atoms with E-state index in [1.54, 1.807) is 0 Å². The lowest BCUT2D eigenvalue weighted by Gasteiger charge is -2.24. The van der Waals surface area contributed by atoms with Crippen molar-refractivity contribution in [2.75, 3.05) is 6.54 Å². The fourth-order valence-electron chi connectivity index (χ4n) is 2.80. The van der Waals surface area contributed by atoms with Gasteiger partial charge in [0.05, 0.1) is 18.1 Å². The maximum atomic E-state index is 12.3. The smallest absolute Gasteiger partial charge is 0.226 e. The van der Waals surface area contributed by atoms with Gasteiger partial charge in [0, 0.05) is 12.6 Å². The summed E-state index contributed by atoms with van der Waals surface area (Å²) < 4.78 is 5.71. The maximum Gasteiger partial charge on any atom is 0.226 e. The molecule has 3 N–H and O–H groups in total. The largest absolute Gasteiger partial charge is 0.374 e. The first kappa shape index (κ1) is 15.4. The van der Waals surface area contributed by atoms with E-state index in [1.165, 1.54) is 0 Å². The van der Waals surface area contributed by atoms with Gasteiger partial charge >= 0.3 is 0 Å². The molecule has 1 aliphatic rings. The molecule has 0 aromatic rings. The van der Waals surface area contributed by atoms with E-state index in [9.17, 15) is 4.79 Å². The van der Waals surface area contributed by atoms with Gasteiger partial charge in [0.15, 0.2) is 0 Å². The molecule has 4 heteroatoms. The first-order chi connectivity index (χ1) is 8.36. The van der Waals surface area contributed by atoms with Crippen molar-refractivity contribution in [2.24, 2.45) is 23.5 Å². The van der Waals surface area contributed by atoms with Crippen LogP contribution in [0.15, 0.2) is 0 Å². The Labute approximate surface area is 111 Å². The zero-order chi connectivity index (χ0) is 13.9. The fourth-order valence-corrected chi connectivity index (χ4v) is 2.80. The van der Waals surface area contributed by atoms with E-state index in [0.29, 0.717) is 12.5 Å². The Hall–Kier alpha value is -0.610. The molecule has 5 atom stereocenters. The second kappa shape index (κ2) is 6.53. The second-order valence-electron chi connectivity index (χ2n) is 6.00. The van der Waals surface area contributed by atoms with Gasteiger partial charge < -0.3 is 15.8 Å². The highest BCUT2D eigenvalue weighted by Crippen LogP contribution is 2.32. The maximum absolute atomic E-state index is 12.3. The number of carbonyl (C=O) groups excluding carboxylic acids is 1. The molecule has 1 heterocycles. The molecule has 0 saturated carbocycles. The Kier molecular flexibility index (Phi) is 5.60. The SMILES string of the molecule is CC(C)CC(CN)NC(=O)C1C(C)OC(C)C1C. The molecule has 1 fully saturated rings. The second-order valence-corrected chi connectivity index (χ2v) is 6.00. The van der Waals surface area contributed by atoms with Crippen LogP contribution in [-0.4, -0.2) is 30.7 Å². The number of hydrogen-bond acceptors (Lipinski definition) is 3. The highest BCUT2D eigenvalue weighted by Gasteiger charge is 2.41. The number of hydrogen-bond donors (Lipinski definition) is 2. The van der Waals surface area contributed by atoms with Crippen molar-refractivity contribution in [3.8, 4) is 0 Å². The van der Waals surface area contributed by atoms with Gasteiger partial charge in [-0.25, -0.2) is 0 Å². The molecular formula is C14H28N2O2. The van der Waals surface area contributed by atoms with E-state index in [4.69, 9.17) is 10.5 Å². The monoisotopic (exact) mass is 256 g/mol. The van der Waals surface area contributed by atoms with E-state index >= 15 is 0 Å². The summed E-state index contributed by atoms with van der Waals surface area (Å²) in [7, 11) is 0. The lowest BCUT2D eigenvalue weighted by atomic mass is 9.88. The van der Waals surface area contributed by atoms with Crippen molar-refractivity contribution >= 4 is 5.91 Å². The average molecular weight is 256 g/mol. The summed E-state index contributed by atoms with van der Waals surface area (Å²) in [5, 5.41) is 3.08. The van der Waals surface area contributed by atoms with Crippen LogP contribution >= 0.6 is 0 Å². The normalized spacial score (nSPS) is 33.7. The third-order valence-corrected chi connectivity index (χ3v) is 3.93. The van der Waals surface area contributed by atoms with Crippen LogP contribution in [0.25, 0.3) is 0 Å². The van der Waals surface area contributed by atoms with Crippen molar-refractivity contribution in [1.82, 2.24) is 5.32 Å². The van der Waals surface area contributed by atoms with Crippen molar-refractivity contribution in [3.05, 3.63) is 0 Å². The molecule has 0 aliphatic carbocycles. The van der Waals surface area contributed by atoms with Gasteiger partial charge in [-0.1, -0.05) is 20.8 Å². The van der Waals surface area contributed by atoms with Crippen molar-refractivity contribution in [3.63, 3.8) is 0 Å². The Balaban J connectivity index is 2.58. The van der Waals surface area contributed by atoms with Gasteiger partial charge in [-0.3, -0.25) is 4.79 Å². The van der Waals surface area contributed by atoms with Gasteiger partial charge in [-0.2, -0.15) is 0 Å². The van der Waals surface area contributed by atoms with Crippen LogP contribution in [0, 0.1) is 17.8 Å². The highest BCUT2D eigenvalue weighted by atomic mass is 16.5. The van der Waals surface area contributed by atoms with Crippen LogP contribution in [0.1, 0.15) is 41.0 Å². The third-order valence-electron chi connectivity index (χ3n) is 3.93. The predicted molar refractivity (Wildman–Crippen MR) is 73.1 cm³/mol. The fraction of sp³-hybridized carbons (Fsp3) is 0.929. The van der Waals surface area contributed by atoms with Crippen LogP contribution in [0.2, 0.25) is 0 Å². The van der Waals surface area contributed by atoms with Crippen LogP contribution < -0.4 is 11.1 Å². The van der Waals surface area contributed by atoms with Gasteiger partial charge in [0.25, 0.3) is 0 Å². The lowest BCUT2D eigenvalue weighted by molar-refractivity contribution is -0.128. The Bertz CT molecular complexity index is 281. The van der Waals surface area contributed by atoms with Crippen molar-refractivity contribution < 1.29 is 9.53 Å². The summed E-state index contributed by atoms with van der Waals surface area (Å²) in [6.45, 7) is 10.9. The van der Waals surface area contributed by atoms with Gasteiger partial charge in [0.2, 0.25) is 5.91 Å². The molecular weight excluding hydrogens is 228 g/mol. The summed E-state index contributed by atoms with van der Waals surface area (Å²) in [5.41, 5.74) is 5.72. The van der Waals surface area contributed by atoms with Crippen LogP contribution in [0.4, 0.5) is 0 Å². The minimum atomic E-state index is -0.0544. The third kappa shape index (κ3) is 3.69. The number of ether oxygens (including phenoxy) is 1. The predicted octanol–water partition coefficient (Wildman–Crippen LogP) is 1.54. The van der Waals surface area contributed by atoms with Crippen LogP contribution in [-0.2, 0) is 9.53 Å². The van der Waals surface area contributed by atoms with Crippen LogP contribution in [0.5, 0.6) is 0 Å². The molecule has 4 nitrogen and oxygen atoms in total. The molecule has 1 saturated heterocycles. The number of amides is 1. The van der Waals surface area contributed by atoms with E-state index < -0.39 is 0 Å². The molecule has 0 radical (unpaired) electrons. The van der Waals surface area contributed by atoms with Crippen LogP contribution in [0.3, 0.4) is 0 Å². The first-order valence-electron chi connectivity index (χ1n) is 7.02. The van der Waals surface area contributed by atoms with Gasteiger partial charge in [-0.05, 0) is 32.1 Å². The zero-order valence-electron chi connectivity index (χ0n) is 12.3. The minimum Gasteiger partial charge on any atom is -0.374 e. The molecule has 0 aromatic heterocycles. The topological polar surface area (TPSA) is 64.3 Å². The Morgan fingerprint density at radius 3 is 2.28 bits per heavy atom. The standard InChI is InChI=1S/C14H28N2O2/c1-8(2)6-12(7-15)16-14(17)13-9(3)10(4)18-11(13)5/h8-13H,6-7,15H2,1-5H3,(H,16,17). The van der Waals surface area contributed by atoms with E-state index in [1.807, 2.05) is 13.8 Å². The molecule has 106 valence electrons. The molecule has 0 bridgehead atoms. The molecule has 1 rings (SSSR count). The first-order valence-corrected chi connectivity index (χ1v) is 7.02. The number of nitrogens with one attached hydrogen (secondary N) is 1. The molecule has 1 aliphatic heterocycles. The summed E-state index contributed by atoms with van der Waals surface area (Å²) in [6.07, 6.45) is 1.07. The summed E-state index contributed by atoms with van der Waals surface area (Å²) >= 11 is 0. The Morgan fingerprint density at radius 1 is 1.28 bits per heavy atom. The number of nitrogens with two attached hydrogens (primary N) is 1. The quantitative estimate of drug-likeness (QED) is 0.784. The zero-order valence-corrected chi connectivity index (χ0v) is 12.3. The van der Waals surface area contributed by atoms with Gasteiger partial charge in [-0.15, -0.1) is 0 Å². The number of carbonyl (C=O) groups is 1. The molecule has 0 aromatic carbocycles. The lowest BCUT2D eigenvalue weighted by Crippen LogP contribution is -2.46. The summed E-state index contributed by atoms with van der Waals surface area (Å²) in [5.74, 6) is 0.835. The Morgan fingerprint density at radius 2 is 1.89 bits per heavy atom. The average Bonchev–Trinajstić information content (AvgIpc) is 2.51. The molecule has 0 spiro atoms. The van der Waals surface area contributed by atoms with Crippen molar-refractivity contribution in [1.29, 1.82) is 0 Å². The minimum absolute atomic E-state index is 0.00697. The van der Waals surface area contributed by atoms with Gasteiger partial charge in [0.1, 0.15) is 0 Å². The van der Waals surface area contributed by atoms with E-state index in [2.05, 4.69) is 26.1 Å².